The second kappa shape index (κ2) is 6.10. The Morgan fingerprint density at radius 2 is 1.85 bits per heavy atom. The number of hydrogen-bond acceptors (Lipinski definition) is 5. The lowest BCUT2D eigenvalue weighted by Gasteiger charge is -2.58. The van der Waals surface area contributed by atoms with E-state index in [-0.39, 0.29) is 12.6 Å². The Kier molecular flexibility index (Phi) is 4.00. The van der Waals surface area contributed by atoms with Gasteiger partial charge in [-0.25, -0.2) is 0 Å². The molecule has 0 aromatic heterocycles. The fourth-order valence-corrected chi connectivity index (χ4v) is 5.56. The van der Waals surface area contributed by atoms with Crippen molar-refractivity contribution in [2.45, 2.75) is 44.1 Å². The molecular formula is C20H22N2O4. The molecule has 2 N–H and O–H groups in total. The molecule has 0 aliphatic heterocycles. The van der Waals surface area contributed by atoms with Crippen LogP contribution in [-0.2, 0) is 14.3 Å². The maximum absolute atomic E-state index is 12.7. The zero-order valence-corrected chi connectivity index (χ0v) is 14.5. The molecule has 5 rings (SSSR count). The van der Waals surface area contributed by atoms with Crippen LogP contribution in [0.25, 0.3) is 0 Å². The van der Waals surface area contributed by atoms with E-state index in [1.807, 2.05) is 6.07 Å². The molecule has 1 aromatic carbocycles. The van der Waals surface area contributed by atoms with Crippen LogP contribution in [0.3, 0.4) is 0 Å². The summed E-state index contributed by atoms with van der Waals surface area (Å²) in [6.07, 6.45) is 4.67. The number of aliphatic hydroxyl groups is 1. The van der Waals surface area contributed by atoms with Gasteiger partial charge >= 0.3 is 5.97 Å². The lowest BCUT2D eigenvalue weighted by Crippen LogP contribution is -2.58. The number of rotatable bonds is 4. The van der Waals surface area contributed by atoms with Gasteiger partial charge in [-0.05, 0) is 74.6 Å². The van der Waals surface area contributed by atoms with E-state index in [1.54, 1.807) is 24.3 Å². The first-order chi connectivity index (χ1) is 12.4. The summed E-state index contributed by atoms with van der Waals surface area (Å²) in [6, 6.07) is 8.49. The van der Waals surface area contributed by atoms with Gasteiger partial charge in [0.2, 0.25) is 0 Å². The summed E-state index contributed by atoms with van der Waals surface area (Å²) in [5.74, 6) is 0.0223. The van der Waals surface area contributed by atoms with E-state index in [2.05, 4.69) is 5.32 Å². The summed E-state index contributed by atoms with van der Waals surface area (Å²) >= 11 is 0. The Morgan fingerprint density at radius 3 is 2.42 bits per heavy atom. The van der Waals surface area contributed by atoms with Gasteiger partial charge < -0.3 is 15.2 Å². The van der Waals surface area contributed by atoms with Crippen molar-refractivity contribution in [2.75, 3.05) is 11.9 Å². The van der Waals surface area contributed by atoms with Crippen molar-refractivity contribution in [1.82, 2.24) is 0 Å². The number of nitriles is 1. The van der Waals surface area contributed by atoms with Crippen molar-refractivity contribution in [1.29, 1.82) is 5.26 Å². The number of carbonyl (C=O) groups is 2. The number of nitrogens with zero attached hydrogens (tertiary/aromatic N) is 1. The quantitative estimate of drug-likeness (QED) is 0.809. The van der Waals surface area contributed by atoms with E-state index >= 15 is 0 Å². The number of anilines is 1. The van der Waals surface area contributed by atoms with E-state index in [1.165, 1.54) is 0 Å². The van der Waals surface area contributed by atoms with Crippen molar-refractivity contribution in [2.24, 2.45) is 17.3 Å². The third kappa shape index (κ3) is 3.08. The molecule has 1 amide bonds. The topological polar surface area (TPSA) is 99.4 Å². The van der Waals surface area contributed by atoms with Gasteiger partial charge in [-0.1, -0.05) is 0 Å². The smallest absolute Gasteiger partial charge is 0.312 e. The predicted molar refractivity (Wildman–Crippen MR) is 92.8 cm³/mol. The average Bonchev–Trinajstić information content (AvgIpc) is 2.58. The maximum Gasteiger partial charge on any atom is 0.312 e. The first-order valence-corrected chi connectivity index (χ1v) is 9.09. The van der Waals surface area contributed by atoms with Crippen LogP contribution in [0.15, 0.2) is 24.3 Å². The van der Waals surface area contributed by atoms with Crippen LogP contribution in [-0.4, -0.2) is 29.2 Å². The molecule has 2 unspecified atom stereocenters. The first kappa shape index (κ1) is 17.0. The lowest BCUT2D eigenvalue weighted by atomic mass is 9.48. The van der Waals surface area contributed by atoms with Gasteiger partial charge in [-0.3, -0.25) is 9.59 Å². The zero-order chi connectivity index (χ0) is 18.4. The van der Waals surface area contributed by atoms with Gasteiger partial charge in [-0.15, -0.1) is 0 Å². The van der Waals surface area contributed by atoms with Gasteiger partial charge in [0, 0.05) is 5.69 Å². The second-order valence-corrected chi connectivity index (χ2v) is 8.28. The number of amides is 1. The third-order valence-corrected chi connectivity index (χ3v) is 6.10. The minimum atomic E-state index is -0.728. The molecule has 6 nitrogen and oxygen atoms in total. The van der Waals surface area contributed by atoms with E-state index in [0.29, 0.717) is 29.5 Å². The summed E-state index contributed by atoms with van der Waals surface area (Å²) in [5, 5.41) is 22.2. The molecule has 0 radical (unpaired) electrons. The summed E-state index contributed by atoms with van der Waals surface area (Å²) in [7, 11) is 0. The molecule has 4 aliphatic rings. The van der Waals surface area contributed by atoms with Gasteiger partial charge in [0.25, 0.3) is 5.91 Å². The molecule has 2 atom stereocenters. The van der Waals surface area contributed by atoms with Crippen LogP contribution in [0.5, 0.6) is 0 Å². The number of hydrogen-bond donors (Lipinski definition) is 2. The molecule has 0 saturated heterocycles. The molecular weight excluding hydrogens is 332 g/mol. The largest absolute Gasteiger partial charge is 0.455 e. The molecule has 0 spiro atoms. The number of benzene rings is 1. The zero-order valence-electron chi connectivity index (χ0n) is 14.5. The minimum Gasteiger partial charge on any atom is -0.455 e. The Labute approximate surface area is 152 Å². The molecule has 1 aromatic rings. The van der Waals surface area contributed by atoms with E-state index in [9.17, 15) is 14.7 Å². The molecule has 6 heteroatoms. The van der Waals surface area contributed by atoms with Crippen LogP contribution >= 0.6 is 0 Å². The highest BCUT2D eigenvalue weighted by atomic mass is 16.5. The second-order valence-electron chi connectivity index (χ2n) is 8.28. The first-order valence-electron chi connectivity index (χ1n) is 9.09. The summed E-state index contributed by atoms with van der Waals surface area (Å²) in [6.45, 7) is -0.339. The number of esters is 1. The fourth-order valence-electron chi connectivity index (χ4n) is 5.56. The van der Waals surface area contributed by atoms with Gasteiger partial charge in [0.1, 0.15) is 0 Å². The van der Waals surface area contributed by atoms with E-state index in [0.717, 1.165) is 32.1 Å². The SMILES string of the molecule is N#Cc1ccc(NC(=O)COC(=O)C23CC4CC(CC(O)(C4)C2)C3)cc1. The molecule has 136 valence electrons. The number of ether oxygens (including phenoxy) is 1. The monoisotopic (exact) mass is 354 g/mol. The fraction of sp³-hybridized carbons (Fsp3) is 0.550. The van der Waals surface area contributed by atoms with Crippen molar-refractivity contribution in [3.8, 4) is 6.07 Å². The van der Waals surface area contributed by atoms with Gasteiger partial charge in [-0.2, -0.15) is 5.26 Å². The maximum atomic E-state index is 12.7. The standard InChI is InChI=1S/C20H22N2O4/c21-10-13-1-3-16(4-2-13)22-17(23)11-26-18(24)19-6-14-5-15(7-19)9-20(25,8-14)12-19/h1-4,14-15,25H,5-9,11-12H2,(H,22,23). The minimum absolute atomic E-state index is 0.339. The van der Waals surface area contributed by atoms with Crippen molar-refractivity contribution < 1.29 is 19.4 Å². The van der Waals surface area contributed by atoms with Crippen LogP contribution in [0.2, 0.25) is 0 Å². The van der Waals surface area contributed by atoms with E-state index in [4.69, 9.17) is 10.00 Å². The highest BCUT2D eigenvalue weighted by Gasteiger charge is 2.60. The number of carbonyl (C=O) groups excluding carboxylic acids is 2. The van der Waals surface area contributed by atoms with Crippen LogP contribution in [0.4, 0.5) is 5.69 Å². The normalized spacial score (nSPS) is 34.2. The van der Waals surface area contributed by atoms with Gasteiger partial charge in [0.15, 0.2) is 6.61 Å². The molecule has 4 aliphatic carbocycles. The van der Waals surface area contributed by atoms with Gasteiger partial charge in [0.05, 0.1) is 22.6 Å². The molecule has 4 fully saturated rings. The lowest BCUT2D eigenvalue weighted by molar-refractivity contribution is -0.196. The van der Waals surface area contributed by atoms with Crippen molar-refractivity contribution in [3.05, 3.63) is 29.8 Å². The summed E-state index contributed by atoms with van der Waals surface area (Å²) in [4.78, 5) is 24.8. The molecule has 0 heterocycles. The Hall–Kier alpha value is -2.39. The molecule has 4 bridgehead atoms. The highest BCUT2D eigenvalue weighted by Crippen LogP contribution is 2.61. The van der Waals surface area contributed by atoms with Crippen LogP contribution < -0.4 is 5.32 Å². The summed E-state index contributed by atoms with van der Waals surface area (Å²) < 4.78 is 5.34. The Balaban J connectivity index is 1.35. The van der Waals surface area contributed by atoms with Crippen molar-refractivity contribution in [3.63, 3.8) is 0 Å². The molecule has 26 heavy (non-hydrogen) atoms. The number of nitrogens with one attached hydrogen (secondary N) is 1. The van der Waals surface area contributed by atoms with E-state index < -0.39 is 16.9 Å². The predicted octanol–water partition coefficient (Wildman–Crippen LogP) is 2.37. The van der Waals surface area contributed by atoms with Crippen LogP contribution in [0, 0.1) is 28.6 Å². The van der Waals surface area contributed by atoms with Crippen LogP contribution in [0.1, 0.15) is 44.1 Å². The Morgan fingerprint density at radius 1 is 1.19 bits per heavy atom. The third-order valence-electron chi connectivity index (χ3n) is 6.10. The summed E-state index contributed by atoms with van der Waals surface area (Å²) in [5.41, 5.74) is -0.287. The van der Waals surface area contributed by atoms with Crippen molar-refractivity contribution >= 4 is 17.6 Å². The molecule has 4 saturated carbocycles. The Bertz CT molecular complexity index is 766. The highest BCUT2D eigenvalue weighted by molar-refractivity contribution is 5.93. The average molecular weight is 354 g/mol.